The number of ether oxygens (including phenoxy) is 2. The van der Waals surface area contributed by atoms with Crippen LogP contribution in [0.5, 0.6) is 11.5 Å². The normalized spacial score (nSPS) is 9.56. The third-order valence-corrected chi connectivity index (χ3v) is 5.66. The highest BCUT2D eigenvalue weighted by molar-refractivity contribution is 6.55. The van der Waals surface area contributed by atoms with Crippen LogP contribution in [0.25, 0.3) is 0 Å². The molecule has 1 radical (unpaired) electrons. The van der Waals surface area contributed by atoms with Gasteiger partial charge in [-0.2, -0.15) is 0 Å². The lowest BCUT2D eigenvalue weighted by Gasteiger charge is -2.20. The van der Waals surface area contributed by atoms with Gasteiger partial charge in [0.05, 0.1) is 46.9 Å². The molecule has 0 amide bonds. The molecule has 11 heteroatoms. The summed E-state index contributed by atoms with van der Waals surface area (Å²) >= 11 is 6.29. The van der Waals surface area contributed by atoms with Crippen LogP contribution in [0.4, 0.5) is 28.4 Å². The molecule has 3 aromatic rings. The fourth-order valence-corrected chi connectivity index (χ4v) is 3.35. The Hall–Kier alpha value is -3.79. The lowest BCUT2D eigenvalue weighted by molar-refractivity contribution is -0.384. The molecular weight excluding hydrogens is 517 g/mol. The molecule has 9 nitrogen and oxygen atoms in total. The number of hydrazine groups is 2. The Balaban J connectivity index is 0.00000116. The molecule has 0 saturated heterocycles. The smallest absolute Gasteiger partial charge is 0.270 e. The summed E-state index contributed by atoms with van der Waals surface area (Å²) < 4.78 is 11.0. The van der Waals surface area contributed by atoms with Crippen LogP contribution in [0.1, 0.15) is 46.1 Å². The maximum Gasteiger partial charge on any atom is 0.270 e. The summed E-state index contributed by atoms with van der Waals surface area (Å²) in [6, 6.07) is 14.2. The van der Waals surface area contributed by atoms with Gasteiger partial charge in [0.15, 0.2) is 7.28 Å². The zero-order valence-electron chi connectivity index (χ0n) is 24.1. The quantitative estimate of drug-likeness (QED) is 0.108. The average Bonchev–Trinajstić information content (AvgIpc) is 2.96. The third-order valence-electron chi connectivity index (χ3n) is 5.36. The van der Waals surface area contributed by atoms with Crippen molar-refractivity contribution in [1.82, 2.24) is 0 Å². The minimum Gasteiger partial charge on any atom is -0.494 e. The standard InChI is InChI=1S/C22H24BClN5O4.C4H10.C2H6/c1-13-5-7-14(8-6-13)25-26-18-11-21(33-4)19(12-20(18)32-3)27-28-22-16(23-2)9-15(29(30)31)10-17(22)24;1-3-4-2;1-2/h5-12,25-28H,1-4H3;3-4H2,1-2H3;1-2H3. The fraction of sp³-hybridized carbons (Fsp3) is 0.357. The van der Waals surface area contributed by atoms with Gasteiger partial charge in [0.1, 0.15) is 11.5 Å². The lowest BCUT2D eigenvalue weighted by Crippen LogP contribution is -2.22. The van der Waals surface area contributed by atoms with Gasteiger partial charge in [0.2, 0.25) is 0 Å². The Morgan fingerprint density at radius 2 is 1.38 bits per heavy atom. The second-order valence-electron chi connectivity index (χ2n) is 8.06. The van der Waals surface area contributed by atoms with Crippen molar-refractivity contribution in [3.63, 3.8) is 0 Å². The molecule has 4 N–H and O–H groups in total. The molecule has 0 fully saturated rings. The molecule has 0 unspecified atom stereocenters. The molecule has 0 bridgehead atoms. The number of anilines is 4. The molecule has 0 heterocycles. The van der Waals surface area contributed by atoms with Gasteiger partial charge in [-0.05, 0) is 19.1 Å². The number of aryl methyl sites for hydroxylation is 1. The number of halogens is 1. The van der Waals surface area contributed by atoms with Gasteiger partial charge < -0.3 is 14.9 Å². The van der Waals surface area contributed by atoms with Crippen molar-refractivity contribution in [2.75, 3.05) is 35.9 Å². The summed E-state index contributed by atoms with van der Waals surface area (Å²) in [6.45, 7) is 12.2. The summed E-state index contributed by atoms with van der Waals surface area (Å²) in [7, 11) is 4.84. The van der Waals surface area contributed by atoms with Gasteiger partial charge >= 0.3 is 0 Å². The molecule has 0 aliphatic rings. The Kier molecular flexibility index (Phi) is 15.1. The largest absolute Gasteiger partial charge is 0.494 e. The lowest BCUT2D eigenvalue weighted by atomic mass is 9.72. The minimum absolute atomic E-state index is 0.0885. The summed E-state index contributed by atoms with van der Waals surface area (Å²) in [5.74, 6) is 1.08. The second kappa shape index (κ2) is 17.7. The van der Waals surface area contributed by atoms with Crippen molar-refractivity contribution >= 4 is 52.8 Å². The Labute approximate surface area is 238 Å². The SMILES string of the molecule is CC.CCCC.C[B]c1cc([N+](=O)[O-])cc(Cl)c1NNc1cc(OC)c(NNc2ccc(C)cc2)cc1OC. The molecule has 0 aliphatic carbocycles. The summed E-state index contributed by atoms with van der Waals surface area (Å²) in [4.78, 5) is 10.6. The van der Waals surface area contributed by atoms with E-state index in [0.29, 0.717) is 34.0 Å². The van der Waals surface area contributed by atoms with Crippen LogP contribution >= 0.6 is 11.6 Å². The molecule has 3 rings (SSSR count). The number of rotatable bonds is 11. The average molecular weight is 557 g/mol. The summed E-state index contributed by atoms with van der Waals surface area (Å²) in [6.07, 6.45) is 2.64. The Bertz CT molecular complexity index is 1180. The topological polar surface area (TPSA) is 110 Å². The van der Waals surface area contributed by atoms with E-state index in [0.717, 1.165) is 5.69 Å². The van der Waals surface area contributed by atoms with Crippen molar-refractivity contribution in [2.24, 2.45) is 0 Å². The Morgan fingerprint density at radius 1 is 0.872 bits per heavy atom. The van der Waals surface area contributed by atoms with Crippen LogP contribution in [0.2, 0.25) is 11.8 Å². The highest BCUT2D eigenvalue weighted by Gasteiger charge is 2.16. The molecule has 0 spiro atoms. The number of non-ortho nitro benzene ring substituents is 1. The number of benzene rings is 3. The second-order valence-corrected chi connectivity index (χ2v) is 8.46. The van der Waals surface area contributed by atoms with E-state index in [2.05, 4.69) is 35.6 Å². The first kappa shape index (κ1) is 33.2. The maximum atomic E-state index is 11.1. The molecule has 39 heavy (non-hydrogen) atoms. The number of hydrogen-bond donors (Lipinski definition) is 4. The van der Waals surface area contributed by atoms with Crippen LogP contribution < -0.4 is 36.6 Å². The molecule has 0 aliphatic heterocycles. The van der Waals surface area contributed by atoms with E-state index in [9.17, 15) is 10.1 Å². The van der Waals surface area contributed by atoms with E-state index in [1.807, 2.05) is 45.0 Å². The van der Waals surface area contributed by atoms with E-state index in [-0.39, 0.29) is 10.7 Å². The zero-order chi connectivity index (χ0) is 29.4. The van der Waals surface area contributed by atoms with Crippen LogP contribution in [0.15, 0.2) is 48.5 Å². The molecule has 0 aromatic heterocycles. The molecular formula is C28H40BClN5O4. The number of nitrogens with one attached hydrogen (secondary N) is 4. The van der Waals surface area contributed by atoms with Gasteiger partial charge in [-0.15, -0.1) is 0 Å². The monoisotopic (exact) mass is 556 g/mol. The van der Waals surface area contributed by atoms with Crippen molar-refractivity contribution in [3.05, 3.63) is 69.2 Å². The van der Waals surface area contributed by atoms with Crippen molar-refractivity contribution in [1.29, 1.82) is 0 Å². The fourth-order valence-electron chi connectivity index (χ4n) is 3.08. The molecule has 0 atom stereocenters. The summed E-state index contributed by atoms with van der Waals surface area (Å²) in [5.41, 5.74) is 16.6. The molecule has 0 saturated carbocycles. The number of hydrogen-bond acceptors (Lipinski definition) is 8. The first-order valence-corrected chi connectivity index (χ1v) is 13.3. The van der Waals surface area contributed by atoms with Crippen LogP contribution in [-0.4, -0.2) is 26.4 Å². The van der Waals surface area contributed by atoms with Crippen molar-refractivity contribution in [3.8, 4) is 11.5 Å². The first-order chi connectivity index (χ1) is 18.8. The van der Waals surface area contributed by atoms with Crippen LogP contribution in [0.3, 0.4) is 0 Å². The van der Waals surface area contributed by atoms with E-state index < -0.39 is 4.92 Å². The van der Waals surface area contributed by atoms with E-state index in [1.54, 1.807) is 40.5 Å². The zero-order valence-corrected chi connectivity index (χ0v) is 24.8. The first-order valence-electron chi connectivity index (χ1n) is 12.9. The number of nitrogens with zero attached hydrogens (tertiary/aromatic N) is 1. The highest BCUT2D eigenvalue weighted by atomic mass is 35.5. The minimum atomic E-state index is -0.486. The number of nitro benzene ring substituents is 1. The number of methoxy groups -OCH3 is 2. The Morgan fingerprint density at radius 3 is 1.82 bits per heavy atom. The number of unbranched alkanes of at least 4 members (excludes halogenated alkanes) is 1. The van der Waals surface area contributed by atoms with E-state index in [1.165, 1.54) is 30.5 Å². The predicted octanol–water partition coefficient (Wildman–Crippen LogP) is 7.66. The summed E-state index contributed by atoms with van der Waals surface area (Å²) in [5, 5.41) is 11.3. The van der Waals surface area contributed by atoms with Gasteiger partial charge in [0, 0.05) is 24.3 Å². The molecule has 211 valence electrons. The third kappa shape index (κ3) is 10.1. The van der Waals surface area contributed by atoms with E-state index >= 15 is 0 Å². The highest BCUT2D eigenvalue weighted by Crippen LogP contribution is 2.37. The van der Waals surface area contributed by atoms with Gasteiger partial charge in [-0.1, -0.05) is 82.1 Å². The predicted molar refractivity (Wildman–Crippen MR) is 167 cm³/mol. The molecule has 3 aromatic carbocycles. The van der Waals surface area contributed by atoms with Gasteiger partial charge in [-0.25, -0.2) is 0 Å². The van der Waals surface area contributed by atoms with Gasteiger partial charge in [0.25, 0.3) is 5.69 Å². The van der Waals surface area contributed by atoms with Crippen molar-refractivity contribution in [2.45, 2.75) is 54.3 Å². The number of nitro groups is 1. The van der Waals surface area contributed by atoms with Gasteiger partial charge in [-0.3, -0.25) is 26.4 Å². The van der Waals surface area contributed by atoms with Crippen LogP contribution in [0, 0.1) is 17.0 Å². The van der Waals surface area contributed by atoms with Crippen molar-refractivity contribution < 1.29 is 14.4 Å². The van der Waals surface area contributed by atoms with Crippen LogP contribution in [-0.2, 0) is 0 Å². The van der Waals surface area contributed by atoms with E-state index in [4.69, 9.17) is 21.1 Å². The maximum absolute atomic E-state index is 11.1.